The highest BCUT2D eigenvalue weighted by molar-refractivity contribution is 5.90. The number of ether oxygens (including phenoxy) is 2. The molecule has 4 aliphatic rings. The molecule has 4 nitrogen and oxygen atoms in total. The molecule has 0 saturated heterocycles. The van der Waals surface area contributed by atoms with Gasteiger partial charge in [0.1, 0.15) is 17.4 Å². The van der Waals surface area contributed by atoms with Crippen LogP contribution in [0.1, 0.15) is 69.2 Å². The molecular weight excluding hydrogens is 652 g/mol. The Hall–Kier alpha value is -3.20. The fourth-order valence-corrected chi connectivity index (χ4v) is 7.99. The first kappa shape index (κ1) is 34.1. The quantitative estimate of drug-likeness (QED) is 0.135. The molecule has 0 heterocycles. The van der Waals surface area contributed by atoms with Crippen molar-refractivity contribution in [3.63, 3.8) is 0 Å². The van der Waals surface area contributed by atoms with E-state index in [2.05, 4.69) is 4.74 Å². The molecule has 0 radical (unpaired) electrons. The Morgan fingerprint density at radius 2 is 1.39 bits per heavy atom. The maximum absolute atomic E-state index is 14.3. The van der Waals surface area contributed by atoms with Gasteiger partial charge in [-0.05, 0) is 73.3 Å². The Morgan fingerprint density at radius 1 is 0.804 bits per heavy atom. The summed E-state index contributed by atoms with van der Waals surface area (Å²) in [7, 11) is 0. The predicted octanol–water partition coefficient (Wildman–Crippen LogP) is 8.74. The number of alkyl halides is 7. The van der Waals surface area contributed by atoms with E-state index < -0.39 is 87.3 Å². The van der Waals surface area contributed by atoms with E-state index >= 15 is 0 Å². The topological polar surface area (TPSA) is 52.6 Å². The molecule has 2 saturated carbocycles. The molecule has 0 bridgehead atoms. The van der Waals surface area contributed by atoms with Crippen LogP contribution in [0.25, 0.3) is 0 Å². The smallest absolute Gasteiger partial charge is 0.458 e. The van der Waals surface area contributed by atoms with Crippen molar-refractivity contribution in [1.82, 2.24) is 0 Å². The number of esters is 2. The summed E-state index contributed by atoms with van der Waals surface area (Å²) in [5.74, 6) is -30.0. The molecule has 0 aliphatic heterocycles. The lowest BCUT2D eigenvalue weighted by atomic mass is 9.48. The van der Waals surface area contributed by atoms with Crippen LogP contribution in [0.2, 0.25) is 0 Å². The normalized spacial score (nSPS) is 31.3. The first-order chi connectivity index (χ1) is 21.1. The average Bonchev–Trinajstić information content (AvgIpc) is 3.30. The van der Waals surface area contributed by atoms with Crippen molar-refractivity contribution in [3.8, 4) is 0 Å². The average molecular weight is 679 g/mol. The van der Waals surface area contributed by atoms with Gasteiger partial charge in [0.05, 0.1) is 0 Å². The van der Waals surface area contributed by atoms with Crippen LogP contribution < -0.4 is 0 Å². The van der Waals surface area contributed by atoms with Gasteiger partial charge in [-0.3, -0.25) is 0 Å². The van der Waals surface area contributed by atoms with Gasteiger partial charge in [-0.1, -0.05) is 19.9 Å². The number of hydrogen-bond acceptors (Lipinski definition) is 4. The summed E-state index contributed by atoms with van der Waals surface area (Å²) < 4.78 is 171. The zero-order valence-corrected chi connectivity index (χ0v) is 24.1. The highest BCUT2D eigenvalue weighted by Crippen LogP contribution is 2.65. The molecule has 254 valence electrons. The molecule has 1 aromatic carbocycles. The van der Waals surface area contributed by atoms with Gasteiger partial charge < -0.3 is 9.47 Å². The third kappa shape index (κ3) is 4.90. The first-order valence-corrected chi connectivity index (χ1v) is 14.3. The molecule has 0 aromatic heterocycles. The highest BCUT2D eigenvalue weighted by Gasteiger charge is 2.77. The molecule has 5 rings (SSSR count). The van der Waals surface area contributed by atoms with Gasteiger partial charge in [-0.25, -0.2) is 31.5 Å². The molecule has 16 heteroatoms. The molecule has 0 unspecified atom stereocenters. The largest absolute Gasteiger partial charge is 0.460 e. The zero-order chi connectivity index (χ0) is 34.4. The highest BCUT2D eigenvalue weighted by atomic mass is 19.4. The summed E-state index contributed by atoms with van der Waals surface area (Å²) in [4.78, 5) is 24.5. The lowest BCUT2D eigenvalue weighted by molar-refractivity contribution is -0.347. The van der Waals surface area contributed by atoms with Gasteiger partial charge in [-0.15, -0.1) is 0 Å². The van der Waals surface area contributed by atoms with Crippen LogP contribution >= 0.6 is 0 Å². The van der Waals surface area contributed by atoms with Crippen molar-refractivity contribution < 1.29 is 71.7 Å². The zero-order valence-electron chi connectivity index (χ0n) is 24.1. The molecule has 46 heavy (non-hydrogen) atoms. The fraction of sp³-hybridized carbons (Fsp3) is 0.600. The summed E-state index contributed by atoms with van der Waals surface area (Å²) in [5.41, 5.74) is -2.57. The minimum Gasteiger partial charge on any atom is -0.458 e. The molecule has 0 amide bonds. The van der Waals surface area contributed by atoms with Crippen LogP contribution in [0.15, 0.2) is 23.5 Å². The third-order valence-corrected chi connectivity index (χ3v) is 10.5. The van der Waals surface area contributed by atoms with Gasteiger partial charge >= 0.3 is 30.0 Å². The minimum atomic E-state index is -6.70. The third-order valence-electron chi connectivity index (χ3n) is 10.5. The second-order valence-corrected chi connectivity index (χ2v) is 12.8. The van der Waals surface area contributed by atoms with Crippen LogP contribution in [0.4, 0.5) is 52.7 Å². The molecule has 6 atom stereocenters. The minimum absolute atomic E-state index is 0.0716. The molecule has 2 fully saturated rings. The number of allylic oxidation sites excluding steroid dienone is 4. The number of carbonyl (C=O) groups is 2. The maximum atomic E-state index is 14.3. The molecular formula is C30H26F12O4. The summed E-state index contributed by atoms with van der Waals surface area (Å²) in [6.45, 7) is 3.66. The van der Waals surface area contributed by atoms with Crippen LogP contribution in [0.3, 0.4) is 0 Å². The van der Waals surface area contributed by atoms with E-state index in [9.17, 15) is 62.3 Å². The predicted molar refractivity (Wildman–Crippen MR) is 133 cm³/mol. The summed E-state index contributed by atoms with van der Waals surface area (Å²) in [5, 5.41) is 0. The molecule has 0 spiro atoms. The monoisotopic (exact) mass is 678 g/mol. The summed E-state index contributed by atoms with van der Waals surface area (Å²) >= 11 is 0. The molecule has 4 aliphatic carbocycles. The van der Waals surface area contributed by atoms with Gasteiger partial charge in [0, 0.05) is 11.8 Å². The van der Waals surface area contributed by atoms with Crippen molar-refractivity contribution >= 4 is 11.9 Å². The van der Waals surface area contributed by atoms with E-state index in [1.807, 2.05) is 6.92 Å². The Labute approximate surface area is 253 Å². The standard InChI is InChI=1S/C30H26F12O4/c1-26-9-7-13(45-25(44)28(36,37)29(38,39)30(40,41)42)11-12(26)3-4-14-15-5-6-17(27(15,2)10-8-16(14)26)46-24(43)18-19(31)21(33)23(35)22(34)20(18)32/h3,11,14-17H,4-10H2,1-2H3/t14-,15-,16-,17-,26-,27-/m0/s1. The van der Waals surface area contributed by atoms with Crippen LogP contribution in [0, 0.1) is 57.7 Å². The van der Waals surface area contributed by atoms with E-state index in [-0.39, 0.29) is 37.0 Å². The Balaban J connectivity index is 1.33. The van der Waals surface area contributed by atoms with Crippen molar-refractivity contribution in [2.45, 2.75) is 82.9 Å². The van der Waals surface area contributed by atoms with Crippen molar-refractivity contribution in [2.75, 3.05) is 0 Å². The van der Waals surface area contributed by atoms with E-state index in [1.54, 1.807) is 13.0 Å². The van der Waals surface area contributed by atoms with Gasteiger partial charge in [-0.2, -0.15) is 30.7 Å². The number of hydrogen-bond donors (Lipinski definition) is 0. The number of halogens is 12. The van der Waals surface area contributed by atoms with E-state index in [1.165, 1.54) is 6.08 Å². The number of fused-ring (bicyclic) bond motifs is 5. The Bertz CT molecular complexity index is 1500. The van der Waals surface area contributed by atoms with Crippen molar-refractivity contribution in [3.05, 3.63) is 58.1 Å². The van der Waals surface area contributed by atoms with Crippen molar-refractivity contribution in [1.29, 1.82) is 0 Å². The Kier molecular flexibility index (Phi) is 8.11. The van der Waals surface area contributed by atoms with Gasteiger partial charge in [0.25, 0.3) is 0 Å². The van der Waals surface area contributed by atoms with E-state index in [0.29, 0.717) is 31.3 Å². The SMILES string of the molecule is C[C@]12CC[C@H]3[C@@H](CC=C4C=C(OC(=O)C(F)(F)C(F)(F)C(F)(F)F)CC[C@@]43C)[C@@H]1CC[C@@H]2OC(=O)c1c(F)c(F)c(F)c(F)c1F. The van der Waals surface area contributed by atoms with Crippen LogP contribution in [-0.2, 0) is 14.3 Å². The summed E-state index contributed by atoms with van der Waals surface area (Å²) in [6.07, 6.45) is -2.80. The van der Waals surface area contributed by atoms with Gasteiger partial charge in [0.15, 0.2) is 23.3 Å². The number of carbonyl (C=O) groups excluding carboxylic acids is 2. The van der Waals surface area contributed by atoms with Crippen LogP contribution in [0.5, 0.6) is 0 Å². The van der Waals surface area contributed by atoms with Crippen molar-refractivity contribution in [2.24, 2.45) is 28.6 Å². The van der Waals surface area contributed by atoms with E-state index in [0.717, 1.165) is 0 Å². The number of rotatable bonds is 5. The van der Waals surface area contributed by atoms with Crippen LogP contribution in [-0.4, -0.2) is 36.1 Å². The summed E-state index contributed by atoms with van der Waals surface area (Å²) in [6, 6.07) is 0. The molecule has 1 aromatic rings. The second-order valence-electron chi connectivity index (χ2n) is 12.8. The Morgan fingerprint density at radius 3 is 1.98 bits per heavy atom. The second kappa shape index (κ2) is 10.9. The van der Waals surface area contributed by atoms with Gasteiger partial charge in [0.2, 0.25) is 5.82 Å². The van der Waals surface area contributed by atoms with E-state index in [4.69, 9.17) is 4.74 Å². The molecule has 0 N–H and O–H groups in total. The lowest BCUT2D eigenvalue weighted by Crippen LogP contribution is -2.56. The number of benzene rings is 1. The first-order valence-electron chi connectivity index (χ1n) is 14.3. The lowest BCUT2D eigenvalue weighted by Gasteiger charge is -2.56. The fourth-order valence-electron chi connectivity index (χ4n) is 7.99. The maximum Gasteiger partial charge on any atom is 0.460 e.